The van der Waals surface area contributed by atoms with Crippen LogP contribution in [0.15, 0.2) is 36.4 Å². The predicted molar refractivity (Wildman–Crippen MR) is 84.5 cm³/mol. The van der Waals surface area contributed by atoms with E-state index in [1.165, 1.54) is 16.0 Å². The first-order chi connectivity index (χ1) is 9.76. The topological polar surface area (TPSA) is 32.3 Å². The summed E-state index contributed by atoms with van der Waals surface area (Å²) in [5.74, 6) is 0. The van der Waals surface area contributed by atoms with E-state index in [9.17, 15) is 5.11 Å². The minimum atomic E-state index is 0.0898. The molecule has 0 saturated carbocycles. The predicted octanol–water partition coefficient (Wildman–Crippen LogP) is 3.58. The molecule has 0 aliphatic heterocycles. The van der Waals surface area contributed by atoms with Crippen LogP contribution in [-0.2, 0) is 12.8 Å². The van der Waals surface area contributed by atoms with E-state index in [-0.39, 0.29) is 12.6 Å². The minimum absolute atomic E-state index is 0.0898. The van der Waals surface area contributed by atoms with Crippen molar-refractivity contribution in [3.8, 4) is 0 Å². The van der Waals surface area contributed by atoms with Gasteiger partial charge in [-0.05, 0) is 36.5 Å². The van der Waals surface area contributed by atoms with E-state index >= 15 is 0 Å². The molecule has 0 fully saturated rings. The highest BCUT2D eigenvalue weighted by Crippen LogP contribution is 2.39. The maximum Gasteiger partial charge on any atom is 0.0934 e. The molecule has 0 bridgehead atoms. The van der Waals surface area contributed by atoms with E-state index in [0.29, 0.717) is 6.04 Å². The second kappa shape index (κ2) is 6.27. The van der Waals surface area contributed by atoms with E-state index in [0.717, 1.165) is 23.6 Å². The number of thiophene rings is 1. The van der Waals surface area contributed by atoms with E-state index in [1.54, 1.807) is 11.3 Å². The Morgan fingerprint density at radius 3 is 2.90 bits per heavy atom. The van der Waals surface area contributed by atoms with Gasteiger partial charge in [-0.15, -0.1) is 11.3 Å². The Kier molecular flexibility index (Phi) is 4.41. The van der Waals surface area contributed by atoms with Crippen LogP contribution in [0.2, 0.25) is 4.34 Å². The van der Waals surface area contributed by atoms with Crippen molar-refractivity contribution in [1.82, 2.24) is 5.32 Å². The second-order valence-corrected chi connectivity index (χ2v) is 7.02. The van der Waals surface area contributed by atoms with E-state index in [1.807, 2.05) is 18.2 Å². The largest absolute Gasteiger partial charge is 0.395 e. The molecule has 2 aromatic rings. The Morgan fingerprint density at radius 2 is 2.15 bits per heavy atom. The van der Waals surface area contributed by atoms with Crippen molar-refractivity contribution in [2.75, 3.05) is 6.61 Å². The van der Waals surface area contributed by atoms with E-state index in [2.05, 4.69) is 23.5 Å². The van der Waals surface area contributed by atoms with Gasteiger partial charge in [-0.2, -0.15) is 0 Å². The van der Waals surface area contributed by atoms with Gasteiger partial charge in [0.05, 0.1) is 10.9 Å². The van der Waals surface area contributed by atoms with Crippen molar-refractivity contribution >= 4 is 22.9 Å². The molecule has 0 saturated heterocycles. The summed E-state index contributed by atoms with van der Waals surface area (Å²) in [5, 5.41) is 13.2. The highest BCUT2D eigenvalue weighted by atomic mass is 35.5. The van der Waals surface area contributed by atoms with Crippen LogP contribution in [0.1, 0.15) is 28.5 Å². The average Bonchev–Trinajstić information content (AvgIpc) is 2.99. The minimum Gasteiger partial charge on any atom is -0.395 e. The Morgan fingerprint density at radius 1 is 1.35 bits per heavy atom. The molecule has 1 aromatic carbocycles. The lowest BCUT2D eigenvalue weighted by Crippen LogP contribution is -2.36. The molecule has 1 aliphatic carbocycles. The number of benzene rings is 1. The molecule has 0 amide bonds. The maximum absolute atomic E-state index is 9.61. The van der Waals surface area contributed by atoms with Gasteiger partial charge in [0, 0.05) is 17.0 Å². The summed E-state index contributed by atoms with van der Waals surface area (Å²) in [6, 6.07) is 12.8. The number of aliphatic hydroxyl groups is 1. The van der Waals surface area contributed by atoms with E-state index < -0.39 is 0 Å². The van der Waals surface area contributed by atoms with Crippen molar-refractivity contribution in [3.05, 3.63) is 56.7 Å². The fourth-order valence-electron chi connectivity index (χ4n) is 2.86. The molecule has 2 nitrogen and oxygen atoms in total. The molecular weight excluding hydrogens is 290 g/mol. The lowest BCUT2D eigenvalue weighted by atomic mass is 10.0. The summed E-state index contributed by atoms with van der Waals surface area (Å²) < 4.78 is 0.866. The van der Waals surface area contributed by atoms with Crippen LogP contribution < -0.4 is 5.32 Å². The Hall–Kier alpha value is -0.870. The van der Waals surface area contributed by atoms with Crippen LogP contribution >= 0.6 is 22.9 Å². The Balaban J connectivity index is 1.67. The van der Waals surface area contributed by atoms with Crippen LogP contribution in [0.25, 0.3) is 0 Å². The third-order valence-electron chi connectivity index (χ3n) is 3.83. The molecule has 1 heterocycles. The maximum atomic E-state index is 9.61. The third-order valence-corrected chi connectivity index (χ3v) is 5.17. The van der Waals surface area contributed by atoms with Gasteiger partial charge in [0.25, 0.3) is 0 Å². The van der Waals surface area contributed by atoms with Crippen molar-refractivity contribution < 1.29 is 5.11 Å². The zero-order chi connectivity index (χ0) is 13.9. The fourth-order valence-corrected chi connectivity index (χ4v) is 4.22. The molecule has 20 heavy (non-hydrogen) atoms. The molecule has 2 atom stereocenters. The van der Waals surface area contributed by atoms with Crippen molar-refractivity contribution in [3.63, 3.8) is 0 Å². The normalized spacial score (nSPS) is 19.0. The van der Waals surface area contributed by atoms with Crippen molar-refractivity contribution in [2.24, 2.45) is 0 Å². The van der Waals surface area contributed by atoms with E-state index in [4.69, 9.17) is 11.6 Å². The lowest BCUT2D eigenvalue weighted by molar-refractivity contribution is 0.230. The molecule has 1 aliphatic rings. The van der Waals surface area contributed by atoms with Gasteiger partial charge in [-0.3, -0.25) is 0 Å². The van der Waals surface area contributed by atoms with Crippen molar-refractivity contribution in [1.29, 1.82) is 0 Å². The van der Waals surface area contributed by atoms with Gasteiger partial charge >= 0.3 is 0 Å². The van der Waals surface area contributed by atoms with Crippen LogP contribution in [0.5, 0.6) is 0 Å². The first kappa shape index (κ1) is 14.1. The average molecular weight is 308 g/mol. The number of hydrogen-bond acceptors (Lipinski definition) is 3. The second-order valence-electron chi connectivity index (χ2n) is 5.26. The summed E-state index contributed by atoms with van der Waals surface area (Å²) >= 11 is 7.77. The monoisotopic (exact) mass is 307 g/mol. The number of aryl methyl sites for hydroxylation is 1. The van der Waals surface area contributed by atoms with Crippen LogP contribution in [0.3, 0.4) is 0 Å². The van der Waals surface area contributed by atoms with Gasteiger partial charge in [0.1, 0.15) is 0 Å². The van der Waals surface area contributed by atoms with Crippen LogP contribution in [0, 0.1) is 0 Å². The molecule has 4 heteroatoms. The quantitative estimate of drug-likeness (QED) is 0.885. The van der Waals surface area contributed by atoms with Gasteiger partial charge < -0.3 is 10.4 Å². The molecule has 1 aromatic heterocycles. The number of halogens is 1. The van der Waals surface area contributed by atoms with Crippen LogP contribution in [-0.4, -0.2) is 17.8 Å². The first-order valence-electron chi connectivity index (χ1n) is 6.95. The highest BCUT2D eigenvalue weighted by Gasteiger charge is 2.26. The summed E-state index contributed by atoms with van der Waals surface area (Å²) in [6.45, 7) is 0.151. The zero-order valence-electron chi connectivity index (χ0n) is 11.2. The number of fused-ring (bicyclic) bond motifs is 1. The Labute approximate surface area is 128 Å². The molecule has 106 valence electrons. The smallest absolute Gasteiger partial charge is 0.0934 e. The lowest BCUT2D eigenvalue weighted by Gasteiger charge is -2.21. The highest BCUT2D eigenvalue weighted by molar-refractivity contribution is 7.16. The SMILES string of the molecule is OC[C@@H](Cc1ccccc1)NC1CCc2sc(Cl)cc21. The Bertz CT molecular complexity index is 569. The number of nitrogens with one attached hydrogen (secondary N) is 1. The van der Waals surface area contributed by atoms with Crippen molar-refractivity contribution in [2.45, 2.75) is 31.3 Å². The molecule has 1 unspecified atom stereocenters. The summed E-state index contributed by atoms with van der Waals surface area (Å²) in [5.41, 5.74) is 2.58. The molecule has 0 spiro atoms. The number of rotatable bonds is 5. The summed E-state index contributed by atoms with van der Waals surface area (Å²) in [4.78, 5) is 1.39. The fraction of sp³-hybridized carbons (Fsp3) is 0.375. The zero-order valence-corrected chi connectivity index (χ0v) is 12.8. The molecule has 0 radical (unpaired) electrons. The molecule has 3 rings (SSSR count). The van der Waals surface area contributed by atoms with Gasteiger partial charge in [-0.25, -0.2) is 0 Å². The number of hydrogen-bond donors (Lipinski definition) is 2. The van der Waals surface area contributed by atoms with Gasteiger partial charge in [-0.1, -0.05) is 41.9 Å². The van der Waals surface area contributed by atoms with Gasteiger partial charge in [0.15, 0.2) is 0 Å². The number of aliphatic hydroxyl groups excluding tert-OH is 1. The first-order valence-corrected chi connectivity index (χ1v) is 8.14. The molecule has 2 N–H and O–H groups in total. The van der Waals surface area contributed by atoms with Gasteiger partial charge in [0.2, 0.25) is 0 Å². The summed E-state index contributed by atoms with van der Waals surface area (Å²) in [6.07, 6.45) is 3.04. The standard InChI is InChI=1S/C16H18ClNOS/c17-16-9-13-14(6-7-15(13)20-16)18-12(10-19)8-11-4-2-1-3-5-11/h1-5,9,12,14,18-19H,6-8,10H2/t12-,14?/m1/s1. The third kappa shape index (κ3) is 3.07. The summed E-state index contributed by atoms with van der Waals surface area (Å²) in [7, 11) is 0. The molecular formula is C16H18ClNOS. The van der Waals surface area contributed by atoms with Crippen LogP contribution in [0.4, 0.5) is 0 Å².